The second-order valence-electron chi connectivity index (χ2n) is 2.13. The lowest BCUT2D eigenvalue weighted by atomic mass is 10.4. The zero-order chi connectivity index (χ0) is 9.26. The lowest BCUT2D eigenvalue weighted by molar-refractivity contribution is 0.737. The fraction of sp³-hybridized carbons (Fsp3) is 0. The normalized spacial score (nSPS) is 9.92. The van der Waals surface area contributed by atoms with E-state index in [1.165, 1.54) is 12.5 Å². The van der Waals surface area contributed by atoms with Crippen molar-refractivity contribution in [3.63, 3.8) is 0 Å². The molecular formula is C5H2ClN7. The summed E-state index contributed by atoms with van der Waals surface area (Å²) in [7, 11) is 0. The van der Waals surface area contributed by atoms with Crippen molar-refractivity contribution in [3.05, 3.63) is 28.1 Å². The largest absolute Gasteiger partial charge is 0.224 e. The lowest BCUT2D eigenvalue weighted by Crippen LogP contribution is -1.85. The van der Waals surface area contributed by atoms with Gasteiger partial charge in [-0.15, -0.1) is 5.53 Å². The van der Waals surface area contributed by atoms with Gasteiger partial charge in [0.1, 0.15) is 23.1 Å². The van der Waals surface area contributed by atoms with E-state index in [-0.39, 0.29) is 5.15 Å². The molecular weight excluding hydrogens is 194 g/mol. The van der Waals surface area contributed by atoms with Gasteiger partial charge in [0.05, 0.1) is 0 Å². The highest BCUT2D eigenvalue weighted by Crippen LogP contribution is 2.16. The van der Waals surface area contributed by atoms with Crippen LogP contribution in [0.2, 0.25) is 5.15 Å². The summed E-state index contributed by atoms with van der Waals surface area (Å²) in [5, 5.41) is 7.90. The summed E-state index contributed by atoms with van der Waals surface area (Å²) in [6, 6.07) is 0. The van der Waals surface area contributed by atoms with Crippen LogP contribution in [0, 0.1) is 0 Å². The van der Waals surface area contributed by atoms with Gasteiger partial charge in [-0.3, -0.25) is 0 Å². The van der Waals surface area contributed by atoms with Crippen LogP contribution < -0.4 is 0 Å². The molecule has 2 aromatic rings. The van der Waals surface area contributed by atoms with E-state index in [2.05, 4.69) is 25.2 Å². The first-order valence-electron chi connectivity index (χ1n) is 3.22. The first-order valence-corrected chi connectivity index (χ1v) is 3.60. The van der Waals surface area contributed by atoms with Crippen molar-refractivity contribution < 1.29 is 0 Å². The summed E-state index contributed by atoms with van der Waals surface area (Å²) in [5.41, 5.74) is 8.54. The molecule has 0 unspecified atom stereocenters. The maximum atomic E-state index is 8.14. The Kier molecular flexibility index (Phi) is 1.73. The number of fused-ring (bicyclic) bond motifs is 1. The number of rotatable bonds is 1. The monoisotopic (exact) mass is 195 g/mol. The molecule has 0 atom stereocenters. The molecule has 0 aliphatic heterocycles. The Morgan fingerprint density at radius 2 is 2.38 bits per heavy atom. The number of azide groups is 1. The van der Waals surface area contributed by atoms with E-state index in [4.69, 9.17) is 17.1 Å². The van der Waals surface area contributed by atoms with Gasteiger partial charge in [0, 0.05) is 5.22 Å². The fourth-order valence-electron chi connectivity index (χ4n) is 0.884. The van der Waals surface area contributed by atoms with Crippen LogP contribution in [0.15, 0.2) is 17.7 Å². The highest BCUT2D eigenvalue weighted by Gasteiger charge is 2.07. The Morgan fingerprint density at radius 1 is 1.54 bits per heavy atom. The summed E-state index contributed by atoms with van der Waals surface area (Å²) >= 11 is 5.73. The quantitative estimate of drug-likeness (QED) is 0.299. The summed E-state index contributed by atoms with van der Waals surface area (Å²) < 4.78 is 0. The molecule has 0 N–H and O–H groups in total. The summed E-state index contributed by atoms with van der Waals surface area (Å²) in [6.07, 6.45) is 2.75. The van der Waals surface area contributed by atoms with Gasteiger partial charge in [0.25, 0.3) is 0 Å². The Morgan fingerprint density at radius 3 is 3.08 bits per heavy atom. The third-order valence-corrected chi connectivity index (χ3v) is 1.69. The predicted octanol–water partition coefficient (Wildman–Crippen LogP) is 1.55. The third kappa shape index (κ3) is 1.26. The Hall–Kier alpha value is -1.85. The Labute approximate surface area is 76.6 Å². The average molecular weight is 196 g/mol. The maximum absolute atomic E-state index is 8.14. The van der Waals surface area contributed by atoms with Gasteiger partial charge in [0.2, 0.25) is 5.65 Å². The van der Waals surface area contributed by atoms with E-state index >= 15 is 0 Å². The Bertz CT molecular complexity index is 497. The van der Waals surface area contributed by atoms with Crippen molar-refractivity contribution in [2.75, 3.05) is 0 Å². The van der Waals surface area contributed by atoms with Gasteiger partial charge >= 0.3 is 0 Å². The zero-order valence-electron chi connectivity index (χ0n) is 6.16. The summed E-state index contributed by atoms with van der Waals surface area (Å²) in [4.78, 5) is 11.2. The van der Waals surface area contributed by atoms with Gasteiger partial charge in [-0.05, 0) is 0 Å². The van der Waals surface area contributed by atoms with Gasteiger partial charge < -0.3 is 0 Å². The van der Waals surface area contributed by atoms with Gasteiger partial charge in [-0.2, -0.15) is 4.91 Å². The molecule has 0 saturated heterocycles. The third-order valence-electron chi connectivity index (χ3n) is 1.39. The van der Waals surface area contributed by atoms with Crippen LogP contribution in [0.3, 0.4) is 0 Å². The first-order chi connectivity index (χ1) is 6.31. The summed E-state index contributed by atoms with van der Waals surface area (Å²) in [5.74, 6) is 0. The second kappa shape index (κ2) is 2.89. The molecule has 2 rings (SSSR count). The van der Waals surface area contributed by atoms with Crippen LogP contribution in [-0.4, -0.2) is 19.9 Å². The van der Waals surface area contributed by atoms with Crippen LogP contribution in [0.5, 0.6) is 0 Å². The molecule has 13 heavy (non-hydrogen) atoms. The molecule has 0 radical (unpaired) electrons. The molecule has 7 nitrogen and oxygen atoms in total. The summed E-state index contributed by atoms with van der Waals surface area (Å²) in [6.45, 7) is 0. The van der Waals surface area contributed by atoms with Crippen molar-refractivity contribution in [2.45, 2.75) is 0 Å². The van der Waals surface area contributed by atoms with Crippen LogP contribution in [0.1, 0.15) is 0 Å². The molecule has 0 amide bonds. The molecule has 0 saturated carbocycles. The van der Waals surface area contributed by atoms with Crippen LogP contribution in [0.4, 0.5) is 0 Å². The molecule has 0 aliphatic carbocycles. The minimum Gasteiger partial charge on any atom is -0.224 e. The first kappa shape index (κ1) is 7.78. The van der Waals surface area contributed by atoms with E-state index in [0.717, 1.165) is 4.79 Å². The standard InChI is InChI=1S/C5H2ClN7/c6-4-3-1-13(12-11-7)10-5(3)9-2-8-4/h1-2H. The van der Waals surface area contributed by atoms with Gasteiger partial charge in [-0.25, -0.2) is 9.97 Å². The van der Waals surface area contributed by atoms with Crippen molar-refractivity contribution in [2.24, 2.45) is 5.22 Å². The SMILES string of the molecule is [N-]=[N+]=Nn1cc2c(Cl)ncnc2n1. The molecule has 2 heterocycles. The molecule has 2 aromatic heterocycles. The van der Waals surface area contributed by atoms with Crippen molar-refractivity contribution in [1.82, 2.24) is 19.9 Å². The molecule has 64 valence electrons. The minimum atomic E-state index is 0.282. The highest BCUT2D eigenvalue weighted by atomic mass is 35.5. The zero-order valence-corrected chi connectivity index (χ0v) is 6.92. The number of halogens is 1. The average Bonchev–Trinajstić information content (AvgIpc) is 2.49. The van der Waals surface area contributed by atoms with Crippen molar-refractivity contribution >= 4 is 22.6 Å². The predicted molar refractivity (Wildman–Crippen MR) is 44.9 cm³/mol. The molecule has 0 aliphatic rings. The lowest BCUT2D eigenvalue weighted by Gasteiger charge is -1.84. The highest BCUT2D eigenvalue weighted by molar-refractivity contribution is 6.33. The number of nitrogens with zero attached hydrogens (tertiary/aromatic N) is 7. The van der Waals surface area contributed by atoms with E-state index in [1.54, 1.807) is 0 Å². The van der Waals surface area contributed by atoms with E-state index in [1.807, 2.05) is 0 Å². The fourth-order valence-corrected chi connectivity index (χ4v) is 1.06. The second-order valence-corrected chi connectivity index (χ2v) is 2.49. The van der Waals surface area contributed by atoms with E-state index in [9.17, 15) is 0 Å². The number of hydrogen-bond acceptors (Lipinski definition) is 4. The topological polar surface area (TPSA) is 92.4 Å². The van der Waals surface area contributed by atoms with Crippen molar-refractivity contribution in [1.29, 1.82) is 0 Å². The molecule has 0 spiro atoms. The smallest absolute Gasteiger partial charge is 0.211 e. The van der Waals surface area contributed by atoms with Gasteiger partial charge in [-0.1, -0.05) is 21.5 Å². The molecule has 8 heteroatoms. The molecule has 0 aromatic carbocycles. The van der Waals surface area contributed by atoms with Crippen LogP contribution >= 0.6 is 11.6 Å². The Balaban J connectivity index is 2.75. The number of hydrogen-bond donors (Lipinski definition) is 0. The van der Waals surface area contributed by atoms with Crippen LogP contribution in [0.25, 0.3) is 21.5 Å². The maximum Gasteiger partial charge on any atom is 0.211 e. The number of aromatic nitrogens is 4. The van der Waals surface area contributed by atoms with E-state index < -0.39 is 0 Å². The van der Waals surface area contributed by atoms with Crippen molar-refractivity contribution in [3.8, 4) is 0 Å². The van der Waals surface area contributed by atoms with E-state index in [0.29, 0.717) is 11.0 Å². The van der Waals surface area contributed by atoms with Gasteiger partial charge in [0.15, 0.2) is 0 Å². The van der Waals surface area contributed by atoms with Crippen LogP contribution in [-0.2, 0) is 0 Å². The molecule has 0 bridgehead atoms. The minimum absolute atomic E-state index is 0.282. The molecule has 0 fully saturated rings.